The van der Waals surface area contributed by atoms with E-state index in [-0.39, 0.29) is 0 Å². The smallest absolute Gasteiger partial charge is 0.0143 e. The molecule has 0 saturated heterocycles. The van der Waals surface area contributed by atoms with Gasteiger partial charge in [0, 0.05) is 19.3 Å². The van der Waals surface area contributed by atoms with Crippen LogP contribution < -0.4 is 0 Å². The Morgan fingerprint density at radius 3 is 2.36 bits per heavy atom. The van der Waals surface area contributed by atoms with Crippen LogP contribution in [-0.4, -0.2) is 18.5 Å². The van der Waals surface area contributed by atoms with Gasteiger partial charge in [-0.1, -0.05) is 19.9 Å². The van der Waals surface area contributed by atoms with Crippen molar-refractivity contribution in [2.75, 3.05) is 13.6 Å². The Hall–Kier alpha value is -0.460. The third-order valence-electron chi connectivity index (χ3n) is 1.96. The quantitative estimate of drug-likeness (QED) is 0.603. The summed E-state index contributed by atoms with van der Waals surface area (Å²) in [5.74, 6) is 0.773. The molecule has 0 bridgehead atoms. The van der Waals surface area contributed by atoms with Crippen molar-refractivity contribution in [3.05, 3.63) is 11.8 Å². The Bertz CT molecular complexity index is 125. The summed E-state index contributed by atoms with van der Waals surface area (Å²) in [5.41, 5.74) is 1.39. The van der Waals surface area contributed by atoms with Gasteiger partial charge >= 0.3 is 0 Å². The van der Waals surface area contributed by atoms with Crippen molar-refractivity contribution in [1.82, 2.24) is 4.90 Å². The van der Waals surface area contributed by atoms with E-state index in [1.165, 1.54) is 12.1 Å². The lowest BCUT2D eigenvalue weighted by Gasteiger charge is -2.17. The average Bonchev–Trinajstić information content (AvgIpc) is 1.98. The number of hydrogen-bond acceptors (Lipinski definition) is 1. The zero-order valence-corrected chi connectivity index (χ0v) is 8.52. The monoisotopic (exact) mass is 155 g/mol. The topological polar surface area (TPSA) is 3.24 Å². The number of nitrogens with zero attached hydrogens (tertiary/aromatic N) is 1. The Kier molecular flexibility index (Phi) is 5.01. The van der Waals surface area contributed by atoms with E-state index in [9.17, 15) is 0 Å². The van der Waals surface area contributed by atoms with Crippen molar-refractivity contribution in [3.8, 4) is 0 Å². The summed E-state index contributed by atoms with van der Waals surface area (Å²) in [6.07, 6.45) is 3.50. The third kappa shape index (κ3) is 4.88. The van der Waals surface area contributed by atoms with E-state index in [1.807, 2.05) is 0 Å². The number of hydrogen-bond donors (Lipinski definition) is 0. The molecular formula is C10H21N. The highest BCUT2D eigenvalue weighted by atomic mass is 15.1. The fraction of sp³-hybridized carbons (Fsp3) is 0.800. The molecule has 0 rings (SSSR count). The fourth-order valence-electron chi connectivity index (χ4n) is 0.811. The minimum atomic E-state index is 0.773. The molecule has 0 aromatic carbocycles. The summed E-state index contributed by atoms with van der Waals surface area (Å²) >= 11 is 0. The SMILES string of the molecule is CCN(C)/C(C)=C/CC(C)C. The molecule has 0 N–H and O–H groups in total. The van der Waals surface area contributed by atoms with Crippen LogP contribution in [0.1, 0.15) is 34.1 Å². The first kappa shape index (κ1) is 10.5. The molecule has 66 valence electrons. The molecule has 1 heteroatoms. The van der Waals surface area contributed by atoms with Gasteiger partial charge in [0.1, 0.15) is 0 Å². The van der Waals surface area contributed by atoms with Crippen LogP contribution in [0.4, 0.5) is 0 Å². The van der Waals surface area contributed by atoms with Gasteiger partial charge in [-0.2, -0.15) is 0 Å². The Morgan fingerprint density at radius 1 is 1.45 bits per heavy atom. The van der Waals surface area contributed by atoms with Crippen LogP contribution >= 0.6 is 0 Å². The number of rotatable bonds is 4. The Morgan fingerprint density at radius 2 is 2.00 bits per heavy atom. The molecule has 0 aliphatic heterocycles. The summed E-state index contributed by atoms with van der Waals surface area (Å²) in [6.45, 7) is 9.93. The molecule has 0 radical (unpaired) electrons. The Balaban J connectivity index is 3.79. The second kappa shape index (κ2) is 5.22. The van der Waals surface area contributed by atoms with Gasteiger partial charge in [0.05, 0.1) is 0 Å². The van der Waals surface area contributed by atoms with E-state index in [4.69, 9.17) is 0 Å². The maximum atomic E-state index is 2.31. The van der Waals surface area contributed by atoms with Crippen molar-refractivity contribution in [1.29, 1.82) is 0 Å². The van der Waals surface area contributed by atoms with Crippen LogP contribution in [0.15, 0.2) is 11.8 Å². The van der Waals surface area contributed by atoms with Crippen LogP contribution in [0.5, 0.6) is 0 Å². The first-order valence-corrected chi connectivity index (χ1v) is 4.45. The molecule has 0 aromatic rings. The highest BCUT2D eigenvalue weighted by Gasteiger charge is 1.95. The molecule has 0 spiro atoms. The molecular weight excluding hydrogens is 134 g/mol. The summed E-state index contributed by atoms with van der Waals surface area (Å²) < 4.78 is 0. The van der Waals surface area contributed by atoms with E-state index < -0.39 is 0 Å². The molecule has 0 heterocycles. The predicted molar refractivity (Wildman–Crippen MR) is 51.5 cm³/mol. The first-order chi connectivity index (χ1) is 5.07. The molecule has 0 fully saturated rings. The van der Waals surface area contributed by atoms with Gasteiger partial charge < -0.3 is 4.90 Å². The molecule has 0 aliphatic carbocycles. The second-order valence-electron chi connectivity index (χ2n) is 3.49. The molecule has 0 aliphatic rings. The predicted octanol–water partition coefficient (Wildman–Crippen LogP) is 2.89. The molecule has 1 nitrogen and oxygen atoms in total. The van der Waals surface area contributed by atoms with Gasteiger partial charge in [-0.05, 0) is 26.2 Å². The minimum Gasteiger partial charge on any atom is -0.379 e. The second-order valence-corrected chi connectivity index (χ2v) is 3.49. The van der Waals surface area contributed by atoms with Gasteiger partial charge in [0.15, 0.2) is 0 Å². The molecule has 11 heavy (non-hydrogen) atoms. The van der Waals surface area contributed by atoms with Crippen molar-refractivity contribution in [2.24, 2.45) is 5.92 Å². The van der Waals surface area contributed by atoms with Crippen LogP contribution in [0.2, 0.25) is 0 Å². The van der Waals surface area contributed by atoms with E-state index in [0.717, 1.165) is 12.5 Å². The van der Waals surface area contributed by atoms with Crippen LogP contribution in [0.3, 0.4) is 0 Å². The van der Waals surface area contributed by atoms with Gasteiger partial charge in [-0.15, -0.1) is 0 Å². The normalized spacial score (nSPS) is 12.4. The van der Waals surface area contributed by atoms with E-state index in [2.05, 4.69) is 45.7 Å². The molecule has 0 aromatic heterocycles. The maximum Gasteiger partial charge on any atom is 0.0143 e. The van der Waals surface area contributed by atoms with E-state index in [1.54, 1.807) is 0 Å². The Labute approximate surface area is 71.1 Å². The van der Waals surface area contributed by atoms with Crippen LogP contribution in [0.25, 0.3) is 0 Å². The maximum absolute atomic E-state index is 2.31. The summed E-state index contributed by atoms with van der Waals surface area (Å²) in [4.78, 5) is 2.27. The summed E-state index contributed by atoms with van der Waals surface area (Å²) in [6, 6.07) is 0. The molecule has 0 saturated carbocycles. The fourth-order valence-corrected chi connectivity index (χ4v) is 0.811. The average molecular weight is 155 g/mol. The van der Waals surface area contributed by atoms with Crippen molar-refractivity contribution in [2.45, 2.75) is 34.1 Å². The van der Waals surface area contributed by atoms with E-state index in [0.29, 0.717) is 0 Å². The van der Waals surface area contributed by atoms with Gasteiger partial charge in [-0.25, -0.2) is 0 Å². The van der Waals surface area contributed by atoms with Crippen LogP contribution in [0, 0.1) is 5.92 Å². The molecule has 0 unspecified atom stereocenters. The van der Waals surface area contributed by atoms with Gasteiger partial charge in [0.2, 0.25) is 0 Å². The van der Waals surface area contributed by atoms with Crippen molar-refractivity contribution >= 4 is 0 Å². The van der Waals surface area contributed by atoms with Gasteiger partial charge in [0.25, 0.3) is 0 Å². The molecule has 0 amide bonds. The van der Waals surface area contributed by atoms with Crippen LogP contribution in [-0.2, 0) is 0 Å². The zero-order chi connectivity index (χ0) is 8.85. The first-order valence-electron chi connectivity index (χ1n) is 4.45. The lowest BCUT2D eigenvalue weighted by molar-refractivity contribution is 0.438. The highest BCUT2D eigenvalue weighted by Crippen LogP contribution is 2.06. The summed E-state index contributed by atoms with van der Waals surface area (Å²) in [5, 5.41) is 0. The largest absolute Gasteiger partial charge is 0.379 e. The highest BCUT2D eigenvalue weighted by molar-refractivity contribution is 4.96. The van der Waals surface area contributed by atoms with Gasteiger partial charge in [-0.3, -0.25) is 0 Å². The molecule has 0 atom stereocenters. The summed E-state index contributed by atoms with van der Waals surface area (Å²) in [7, 11) is 2.13. The standard InChI is InChI=1S/C10H21N/c1-6-11(5)10(4)8-7-9(2)3/h8-9H,6-7H2,1-5H3/b10-8+. The van der Waals surface area contributed by atoms with E-state index >= 15 is 0 Å². The lowest BCUT2D eigenvalue weighted by Crippen LogP contribution is -2.14. The van der Waals surface area contributed by atoms with Crippen molar-refractivity contribution in [3.63, 3.8) is 0 Å². The third-order valence-corrected chi connectivity index (χ3v) is 1.96. The zero-order valence-electron chi connectivity index (χ0n) is 8.52. The number of allylic oxidation sites excluding steroid dienone is 2. The van der Waals surface area contributed by atoms with Crippen molar-refractivity contribution < 1.29 is 0 Å². The lowest BCUT2D eigenvalue weighted by atomic mass is 10.1. The minimum absolute atomic E-state index is 0.773.